The first-order chi connectivity index (χ1) is 21.6. The zero-order chi connectivity index (χ0) is 34.4. The maximum absolute atomic E-state index is 12.2. The van der Waals surface area contributed by atoms with Crippen molar-refractivity contribution < 1.29 is 30.0 Å². The summed E-state index contributed by atoms with van der Waals surface area (Å²) in [5, 5.41) is 14.0. The maximum atomic E-state index is 12.2. The number of carbonyl (C=O) groups is 1. The van der Waals surface area contributed by atoms with Gasteiger partial charge in [0.05, 0.1) is 8.07 Å². The monoisotopic (exact) mass is 849 g/mol. The second-order valence-corrected chi connectivity index (χ2v) is 20.9. The van der Waals surface area contributed by atoms with Gasteiger partial charge in [0.15, 0.2) is 5.78 Å². The number of aliphatic hydroxyl groups excluding tert-OH is 1. The average Bonchev–Trinajstić information content (AvgIpc) is 3.41. The average molecular weight is 849 g/mol. The number of pyridine rings is 1. The molecule has 0 saturated carbocycles. The third kappa shape index (κ3) is 8.92. The fourth-order valence-electron chi connectivity index (χ4n) is 6.19. The Labute approximate surface area is 304 Å². The van der Waals surface area contributed by atoms with E-state index in [0.29, 0.717) is 5.92 Å². The van der Waals surface area contributed by atoms with Crippen LogP contribution in [0.15, 0.2) is 54.4 Å². The van der Waals surface area contributed by atoms with Crippen molar-refractivity contribution in [2.24, 2.45) is 10.8 Å². The van der Waals surface area contributed by atoms with E-state index in [1.807, 2.05) is 59.1 Å². The van der Waals surface area contributed by atoms with Crippen LogP contribution < -0.4 is 4.50 Å². The molecule has 0 atom stereocenters. The van der Waals surface area contributed by atoms with Crippen molar-refractivity contribution in [2.75, 3.05) is 0 Å². The number of carbonyl (C=O) groups excluding carboxylic acids is 1. The first-order valence-corrected chi connectivity index (χ1v) is 21.8. The van der Waals surface area contributed by atoms with Crippen molar-refractivity contribution in [1.29, 1.82) is 0 Å². The summed E-state index contributed by atoms with van der Waals surface area (Å²) in [7, 11) is -1.39. The minimum atomic E-state index is -1.39. The Hall–Kier alpha value is -2.11. The number of aryl methyl sites for hydroxylation is 1. The van der Waals surface area contributed by atoms with Gasteiger partial charge in [-0.1, -0.05) is 117 Å². The van der Waals surface area contributed by atoms with Crippen LogP contribution in [0.1, 0.15) is 111 Å². The molecule has 0 aliphatic carbocycles. The third-order valence-electron chi connectivity index (χ3n) is 10.6. The number of ketones is 1. The van der Waals surface area contributed by atoms with Crippen molar-refractivity contribution in [2.45, 2.75) is 126 Å². The van der Waals surface area contributed by atoms with E-state index < -0.39 is 8.07 Å². The Morgan fingerprint density at radius 2 is 1.51 bits per heavy atom. The summed E-state index contributed by atoms with van der Waals surface area (Å²) in [5.74, 6) is 0.851. The molecule has 0 fully saturated rings. The number of hydrogen-bond donors (Lipinski definition) is 1. The summed E-state index contributed by atoms with van der Waals surface area (Å²) in [6, 6.07) is 17.0. The quantitative estimate of drug-likeness (QED) is 0.0669. The van der Waals surface area contributed by atoms with E-state index in [2.05, 4.69) is 82.9 Å². The molecule has 0 aliphatic rings. The van der Waals surface area contributed by atoms with Crippen LogP contribution in [0.3, 0.4) is 0 Å². The van der Waals surface area contributed by atoms with E-state index in [4.69, 9.17) is 4.98 Å². The molecule has 4 rings (SSSR count). The van der Waals surface area contributed by atoms with Crippen LogP contribution in [0.5, 0.6) is 0 Å². The summed E-state index contributed by atoms with van der Waals surface area (Å²) in [6.07, 6.45) is 9.04. The van der Waals surface area contributed by atoms with Gasteiger partial charge in [0.1, 0.15) is 5.76 Å². The molecule has 6 heteroatoms. The standard InChI is InChI=1S/C26H30NSSi.C15H28O2.Ir/c1-7-18(8-2)23-16-20(15-19-11-9-10-12-22(19)23)24-25-21(13-14-27-24)17(3)26(28-25)29(4,5)6;1-7-14(5,8-2)12(16)11-13(17)15(6,9-3)10-4;/h9-14,16,18H,7-8H2,1-6H3;11,16H,7-10H2,1-6H3;/q-1;;/b;12-11-;. The number of rotatable bonds is 12. The van der Waals surface area contributed by atoms with Gasteiger partial charge in [-0.15, -0.1) is 29.1 Å². The Bertz CT molecular complexity index is 1670. The Balaban J connectivity index is 0.000000370. The summed E-state index contributed by atoms with van der Waals surface area (Å²) in [4.78, 5) is 17.0. The molecule has 4 aromatic rings. The van der Waals surface area contributed by atoms with Gasteiger partial charge in [-0.2, -0.15) is 11.3 Å². The van der Waals surface area contributed by atoms with Crippen LogP contribution >= 0.6 is 11.3 Å². The van der Waals surface area contributed by atoms with E-state index >= 15 is 0 Å². The molecule has 259 valence electrons. The van der Waals surface area contributed by atoms with Crippen LogP contribution in [0.25, 0.3) is 32.1 Å². The fourth-order valence-corrected chi connectivity index (χ4v) is 10.0. The molecule has 2 aromatic heterocycles. The summed E-state index contributed by atoms with van der Waals surface area (Å²) < 4.78 is 2.91. The number of benzene rings is 2. The molecule has 2 heterocycles. The number of thiophene rings is 1. The van der Waals surface area contributed by atoms with Crippen LogP contribution in [0.2, 0.25) is 19.6 Å². The number of allylic oxidation sites excluding steroid dienone is 2. The molecular formula is C41H58IrNO2SSi-. The van der Waals surface area contributed by atoms with Gasteiger partial charge >= 0.3 is 0 Å². The number of hydrogen-bond acceptors (Lipinski definition) is 4. The molecule has 0 unspecified atom stereocenters. The molecule has 1 radical (unpaired) electrons. The molecule has 0 saturated heterocycles. The number of fused-ring (bicyclic) bond motifs is 2. The SMILES string of the molecule is CCC(C)(CC)C(=O)/C=C(\O)C(C)(CC)CC.CCC(CC)c1cc(-c2nccc3c(C)c([Si](C)(C)C)sc23)[c-]c2ccccc12.[Ir]. The predicted molar refractivity (Wildman–Crippen MR) is 206 cm³/mol. The van der Waals surface area contributed by atoms with Crippen LogP contribution in [-0.4, -0.2) is 23.9 Å². The molecule has 0 amide bonds. The minimum absolute atomic E-state index is 0. The Morgan fingerprint density at radius 1 is 0.936 bits per heavy atom. The molecule has 0 spiro atoms. The molecule has 0 aliphatic heterocycles. The molecule has 3 nitrogen and oxygen atoms in total. The van der Waals surface area contributed by atoms with Gasteiger partial charge < -0.3 is 5.11 Å². The van der Waals surface area contributed by atoms with Crippen LogP contribution in [0.4, 0.5) is 0 Å². The molecule has 2 aromatic carbocycles. The summed E-state index contributed by atoms with van der Waals surface area (Å²) in [6.45, 7) is 26.3. The first kappa shape index (κ1) is 41.1. The second kappa shape index (κ2) is 17.0. The van der Waals surface area contributed by atoms with Crippen LogP contribution in [0, 0.1) is 23.8 Å². The van der Waals surface area contributed by atoms with Gasteiger partial charge in [-0.25, -0.2) is 0 Å². The van der Waals surface area contributed by atoms with E-state index in [1.165, 1.54) is 38.1 Å². The smallest absolute Gasteiger partial charge is 0.164 e. The van der Waals surface area contributed by atoms with E-state index in [0.717, 1.165) is 49.8 Å². The number of aliphatic hydroxyl groups is 1. The van der Waals surface area contributed by atoms with E-state index in [-0.39, 0.29) is 42.5 Å². The number of aromatic nitrogens is 1. The predicted octanol–water partition coefficient (Wildman–Crippen LogP) is 12.3. The maximum Gasteiger partial charge on any atom is 0.164 e. The summed E-state index contributed by atoms with van der Waals surface area (Å²) >= 11 is 1.96. The summed E-state index contributed by atoms with van der Waals surface area (Å²) in [5.41, 5.74) is 4.53. The van der Waals surface area contributed by atoms with E-state index in [9.17, 15) is 9.90 Å². The topological polar surface area (TPSA) is 50.2 Å². The Kier molecular flexibility index (Phi) is 14.9. The van der Waals surface area contributed by atoms with Gasteiger partial charge in [0.25, 0.3) is 0 Å². The second-order valence-electron chi connectivity index (χ2n) is 14.5. The first-order valence-electron chi connectivity index (χ1n) is 17.4. The van der Waals surface area contributed by atoms with Crippen molar-refractivity contribution in [3.8, 4) is 11.3 Å². The van der Waals surface area contributed by atoms with Gasteiger partial charge in [-0.05, 0) is 60.0 Å². The zero-order valence-electron chi connectivity index (χ0n) is 31.0. The largest absolute Gasteiger partial charge is 0.512 e. The van der Waals surface area contributed by atoms with E-state index in [1.54, 1.807) is 4.50 Å². The van der Waals surface area contributed by atoms with Crippen molar-refractivity contribution >= 4 is 50.6 Å². The molecule has 0 bridgehead atoms. The van der Waals surface area contributed by atoms with Gasteiger partial charge in [0.2, 0.25) is 0 Å². The van der Waals surface area contributed by atoms with Crippen LogP contribution in [-0.2, 0) is 24.9 Å². The number of nitrogens with zero attached hydrogens (tertiary/aromatic N) is 1. The molecule has 1 N–H and O–H groups in total. The molecule has 47 heavy (non-hydrogen) atoms. The van der Waals surface area contributed by atoms with Gasteiger partial charge in [0, 0.05) is 53.6 Å². The Morgan fingerprint density at radius 3 is 2.04 bits per heavy atom. The van der Waals surface area contributed by atoms with Gasteiger partial charge in [-0.3, -0.25) is 9.78 Å². The van der Waals surface area contributed by atoms with Crippen molar-refractivity contribution in [3.05, 3.63) is 71.6 Å². The fraction of sp³-hybridized carbons (Fsp3) is 0.512. The third-order valence-corrected chi connectivity index (χ3v) is 15.6. The van der Waals surface area contributed by atoms with Crippen molar-refractivity contribution in [1.82, 2.24) is 4.98 Å². The normalized spacial score (nSPS) is 12.7. The zero-order valence-corrected chi connectivity index (χ0v) is 35.2. The molecular weight excluding hydrogens is 791 g/mol. The minimum Gasteiger partial charge on any atom is -0.512 e. The van der Waals surface area contributed by atoms with Crippen molar-refractivity contribution in [3.63, 3.8) is 0 Å².